The van der Waals surface area contributed by atoms with E-state index in [1.165, 1.54) is 0 Å². The van der Waals surface area contributed by atoms with E-state index in [2.05, 4.69) is 21.4 Å². The molecule has 0 radical (unpaired) electrons. The van der Waals surface area contributed by atoms with Gasteiger partial charge in [0.1, 0.15) is 5.75 Å². The Labute approximate surface area is 115 Å². The second-order valence-corrected chi connectivity index (χ2v) is 5.47. The molecule has 0 spiro atoms. The van der Waals surface area contributed by atoms with E-state index >= 15 is 0 Å². The lowest BCUT2D eigenvalue weighted by Crippen LogP contribution is -2.45. The largest absolute Gasteiger partial charge is 0.496 e. The molecule has 0 heterocycles. The van der Waals surface area contributed by atoms with Crippen molar-refractivity contribution in [3.05, 3.63) is 28.2 Å². The van der Waals surface area contributed by atoms with E-state index in [0.717, 1.165) is 41.5 Å². The minimum atomic E-state index is -0.483. The third kappa shape index (κ3) is 2.12. The van der Waals surface area contributed by atoms with Crippen LogP contribution in [0.3, 0.4) is 0 Å². The lowest BCUT2D eigenvalue weighted by atomic mass is 9.78. The molecule has 4 nitrogen and oxygen atoms in total. The molecule has 0 aliphatic heterocycles. The van der Waals surface area contributed by atoms with Crippen LogP contribution in [0.5, 0.6) is 5.75 Å². The number of carbonyl (C=O) groups is 1. The molecule has 2 rings (SSSR count). The minimum absolute atomic E-state index is 0.0999. The summed E-state index contributed by atoms with van der Waals surface area (Å²) in [5, 5.41) is 0. The summed E-state index contributed by atoms with van der Waals surface area (Å²) in [5.41, 5.74) is 2.82. The number of rotatable bonds is 3. The van der Waals surface area contributed by atoms with Gasteiger partial charge in [0, 0.05) is 0 Å². The van der Waals surface area contributed by atoms with E-state index in [4.69, 9.17) is 10.6 Å². The van der Waals surface area contributed by atoms with Crippen molar-refractivity contribution < 1.29 is 9.53 Å². The summed E-state index contributed by atoms with van der Waals surface area (Å²) >= 11 is 3.46. The highest BCUT2D eigenvalue weighted by atomic mass is 79.9. The highest BCUT2D eigenvalue weighted by Crippen LogP contribution is 2.43. The fraction of sp³-hybridized carbons (Fsp3) is 0.462. The summed E-state index contributed by atoms with van der Waals surface area (Å²) in [6.45, 7) is 0. The van der Waals surface area contributed by atoms with Crippen molar-refractivity contribution in [2.45, 2.75) is 31.1 Å². The number of benzene rings is 1. The Morgan fingerprint density at radius 3 is 2.61 bits per heavy atom. The average molecular weight is 313 g/mol. The Kier molecular flexibility index (Phi) is 3.92. The molecule has 0 atom stereocenters. The topological polar surface area (TPSA) is 64.3 Å². The lowest BCUT2D eigenvalue weighted by molar-refractivity contribution is -0.126. The maximum atomic E-state index is 12.1. The first-order valence-electron chi connectivity index (χ1n) is 5.99. The van der Waals surface area contributed by atoms with E-state index in [1.807, 2.05) is 18.2 Å². The maximum absolute atomic E-state index is 12.1. The summed E-state index contributed by atoms with van der Waals surface area (Å²) in [5.74, 6) is 6.00. The van der Waals surface area contributed by atoms with Gasteiger partial charge in [0.25, 0.3) is 0 Å². The summed E-state index contributed by atoms with van der Waals surface area (Å²) in [4.78, 5) is 12.1. The molecule has 1 saturated carbocycles. The summed E-state index contributed by atoms with van der Waals surface area (Å²) in [6, 6.07) is 5.78. The first-order chi connectivity index (χ1) is 8.64. The molecule has 98 valence electrons. The maximum Gasteiger partial charge on any atom is 0.244 e. The monoisotopic (exact) mass is 312 g/mol. The summed E-state index contributed by atoms with van der Waals surface area (Å²) < 4.78 is 6.07. The van der Waals surface area contributed by atoms with Crippen LogP contribution < -0.4 is 16.0 Å². The Morgan fingerprint density at radius 2 is 2.11 bits per heavy atom. The molecule has 18 heavy (non-hydrogen) atoms. The molecule has 1 fully saturated rings. The number of amides is 1. The molecule has 0 aromatic heterocycles. The second kappa shape index (κ2) is 5.28. The Hall–Kier alpha value is -1.07. The SMILES string of the molecule is COc1ccc(C2(C(=O)NN)CCCC2)cc1Br. The van der Waals surface area contributed by atoms with Crippen LogP contribution in [0.2, 0.25) is 0 Å². The zero-order valence-corrected chi connectivity index (χ0v) is 11.9. The van der Waals surface area contributed by atoms with E-state index in [0.29, 0.717) is 0 Å². The number of nitrogens with two attached hydrogens (primary N) is 1. The summed E-state index contributed by atoms with van der Waals surface area (Å²) in [7, 11) is 1.62. The van der Waals surface area contributed by atoms with Crippen LogP contribution in [0.1, 0.15) is 31.2 Å². The van der Waals surface area contributed by atoms with Gasteiger partial charge >= 0.3 is 0 Å². The molecule has 3 N–H and O–H groups in total. The third-order valence-electron chi connectivity index (χ3n) is 3.73. The second-order valence-electron chi connectivity index (χ2n) is 4.61. The fourth-order valence-corrected chi connectivity index (χ4v) is 3.27. The van der Waals surface area contributed by atoms with Crippen LogP contribution in [-0.2, 0) is 10.2 Å². The van der Waals surface area contributed by atoms with Gasteiger partial charge in [0.15, 0.2) is 0 Å². The van der Waals surface area contributed by atoms with Gasteiger partial charge in [-0.05, 0) is 46.5 Å². The standard InChI is InChI=1S/C13H17BrN2O2/c1-18-11-5-4-9(8-10(11)14)13(12(17)16-15)6-2-3-7-13/h4-5,8H,2-3,6-7,15H2,1H3,(H,16,17). The van der Waals surface area contributed by atoms with Crippen molar-refractivity contribution in [3.63, 3.8) is 0 Å². The molecule has 1 aliphatic rings. The number of methoxy groups -OCH3 is 1. The molecule has 1 amide bonds. The van der Waals surface area contributed by atoms with Gasteiger partial charge in [0.2, 0.25) is 5.91 Å². The first-order valence-corrected chi connectivity index (χ1v) is 6.78. The number of hydrazine groups is 1. The summed E-state index contributed by atoms with van der Waals surface area (Å²) in [6.07, 6.45) is 3.79. The Bertz CT molecular complexity index is 456. The molecule has 0 bridgehead atoms. The molecule has 0 unspecified atom stereocenters. The molecule has 5 heteroatoms. The van der Waals surface area contributed by atoms with Gasteiger partial charge < -0.3 is 4.74 Å². The van der Waals surface area contributed by atoms with Gasteiger partial charge in [-0.15, -0.1) is 0 Å². The van der Waals surface area contributed by atoms with Crippen molar-refractivity contribution >= 4 is 21.8 Å². The van der Waals surface area contributed by atoms with Crippen LogP contribution >= 0.6 is 15.9 Å². The van der Waals surface area contributed by atoms with Crippen molar-refractivity contribution in [3.8, 4) is 5.75 Å². The zero-order valence-electron chi connectivity index (χ0n) is 10.3. The molecular formula is C13H17BrN2O2. The third-order valence-corrected chi connectivity index (χ3v) is 4.35. The molecular weight excluding hydrogens is 296 g/mol. The van der Waals surface area contributed by atoms with Crippen LogP contribution in [-0.4, -0.2) is 13.0 Å². The van der Waals surface area contributed by atoms with E-state index in [9.17, 15) is 4.79 Å². The van der Waals surface area contributed by atoms with Crippen molar-refractivity contribution in [2.24, 2.45) is 5.84 Å². The number of halogens is 1. The molecule has 1 aliphatic carbocycles. The van der Waals surface area contributed by atoms with Crippen LogP contribution in [0, 0.1) is 0 Å². The van der Waals surface area contributed by atoms with Crippen LogP contribution in [0.15, 0.2) is 22.7 Å². The quantitative estimate of drug-likeness (QED) is 0.511. The predicted molar refractivity (Wildman–Crippen MR) is 73.2 cm³/mol. The number of hydrogen-bond donors (Lipinski definition) is 2. The minimum Gasteiger partial charge on any atom is -0.496 e. The number of carbonyl (C=O) groups excluding carboxylic acids is 1. The van der Waals surface area contributed by atoms with E-state index in [1.54, 1.807) is 7.11 Å². The van der Waals surface area contributed by atoms with Crippen molar-refractivity contribution in [1.82, 2.24) is 5.43 Å². The average Bonchev–Trinajstić information content (AvgIpc) is 2.88. The van der Waals surface area contributed by atoms with Crippen molar-refractivity contribution in [2.75, 3.05) is 7.11 Å². The van der Waals surface area contributed by atoms with Gasteiger partial charge in [-0.25, -0.2) is 5.84 Å². The Balaban J connectivity index is 2.43. The highest BCUT2D eigenvalue weighted by molar-refractivity contribution is 9.10. The van der Waals surface area contributed by atoms with Gasteiger partial charge in [0.05, 0.1) is 17.0 Å². The number of nitrogens with one attached hydrogen (secondary N) is 1. The van der Waals surface area contributed by atoms with E-state index < -0.39 is 5.41 Å². The number of ether oxygens (including phenoxy) is 1. The van der Waals surface area contributed by atoms with Gasteiger partial charge in [-0.2, -0.15) is 0 Å². The first kappa shape index (κ1) is 13.4. The van der Waals surface area contributed by atoms with Gasteiger partial charge in [-0.3, -0.25) is 10.2 Å². The molecule has 0 saturated heterocycles. The smallest absolute Gasteiger partial charge is 0.244 e. The van der Waals surface area contributed by atoms with Gasteiger partial charge in [-0.1, -0.05) is 18.9 Å². The fourth-order valence-electron chi connectivity index (χ4n) is 2.73. The molecule has 1 aromatic carbocycles. The molecule has 1 aromatic rings. The van der Waals surface area contributed by atoms with Crippen LogP contribution in [0.4, 0.5) is 0 Å². The Morgan fingerprint density at radius 1 is 1.44 bits per heavy atom. The van der Waals surface area contributed by atoms with Crippen LogP contribution in [0.25, 0.3) is 0 Å². The highest BCUT2D eigenvalue weighted by Gasteiger charge is 2.42. The lowest BCUT2D eigenvalue weighted by Gasteiger charge is -2.27. The van der Waals surface area contributed by atoms with E-state index in [-0.39, 0.29) is 5.91 Å². The van der Waals surface area contributed by atoms with Crippen molar-refractivity contribution in [1.29, 1.82) is 0 Å². The predicted octanol–water partition coefficient (Wildman–Crippen LogP) is 2.26. The normalized spacial score (nSPS) is 17.5. The number of hydrogen-bond acceptors (Lipinski definition) is 3. The zero-order chi connectivity index (χ0) is 13.2.